The quantitative estimate of drug-likeness (QED) is 0.386. The van der Waals surface area contributed by atoms with E-state index in [1.54, 1.807) is 0 Å². The topological polar surface area (TPSA) is 0 Å². The summed E-state index contributed by atoms with van der Waals surface area (Å²) in [6.45, 7) is 12.4. The van der Waals surface area contributed by atoms with Gasteiger partial charge in [0.15, 0.2) is 0 Å². The average Bonchev–Trinajstić information content (AvgIpc) is 2.17. The third-order valence-corrected chi connectivity index (χ3v) is 2.53. The largest absolute Gasteiger partial charge is 0.0991 e. The van der Waals surface area contributed by atoms with Crippen molar-refractivity contribution in [2.75, 3.05) is 0 Å². The summed E-state index contributed by atoms with van der Waals surface area (Å²) >= 11 is 0. The first-order chi connectivity index (χ1) is 7.56. The summed E-state index contributed by atoms with van der Waals surface area (Å²) in [7, 11) is 0. The van der Waals surface area contributed by atoms with Gasteiger partial charge in [0.25, 0.3) is 0 Å². The summed E-state index contributed by atoms with van der Waals surface area (Å²) in [5, 5.41) is 0. The summed E-state index contributed by atoms with van der Waals surface area (Å²) in [6.07, 6.45) is 13.3. The first-order valence-electron chi connectivity index (χ1n) is 6.13. The molecule has 0 spiro atoms. The van der Waals surface area contributed by atoms with Gasteiger partial charge in [-0.3, -0.25) is 0 Å². The van der Waals surface area contributed by atoms with Gasteiger partial charge in [-0.25, -0.2) is 0 Å². The van der Waals surface area contributed by atoms with Gasteiger partial charge in [-0.1, -0.05) is 47.6 Å². The van der Waals surface area contributed by atoms with Gasteiger partial charge < -0.3 is 0 Å². The van der Waals surface area contributed by atoms with Crippen LogP contribution in [0, 0.1) is 0 Å². The number of rotatable bonds is 7. The van der Waals surface area contributed by atoms with Gasteiger partial charge in [0.2, 0.25) is 0 Å². The molecule has 90 valence electrons. The molecule has 0 unspecified atom stereocenters. The SMILES string of the molecule is C=C/C=C(\C)CC/C=C(/C)CCC=C(C)C. The Morgan fingerprint density at radius 2 is 1.44 bits per heavy atom. The van der Waals surface area contributed by atoms with Crippen LogP contribution in [0.4, 0.5) is 0 Å². The van der Waals surface area contributed by atoms with Crippen molar-refractivity contribution in [1.29, 1.82) is 0 Å². The molecule has 0 atom stereocenters. The van der Waals surface area contributed by atoms with Crippen LogP contribution in [0.15, 0.2) is 47.6 Å². The zero-order valence-corrected chi connectivity index (χ0v) is 11.3. The second kappa shape index (κ2) is 9.21. The van der Waals surface area contributed by atoms with E-state index in [1.807, 2.05) is 6.08 Å². The number of hydrogen-bond donors (Lipinski definition) is 0. The normalized spacial score (nSPS) is 12.5. The van der Waals surface area contributed by atoms with Crippen LogP contribution in [0.5, 0.6) is 0 Å². The molecule has 0 rings (SSSR count). The molecule has 0 aliphatic carbocycles. The van der Waals surface area contributed by atoms with Crippen LogP contribution in [0.2, 0.25) is 0 Å². The molecule has 0 aromatic rings. The van der Waals surface area contributed by atoms with E-state index in [9.17, 15) is 0 Å². The standard InChI is InChI=1S/C16H26/c1-6-9-15(4)12-8-13-16(5)11-7-10-14(2)3/h6,9-10,13H,1,7-8,11-12H2,2-5H3/b15-9+,16-13-. The molecule has 0 radical (unpaired) electrons. The van der Waals surface area contributed by atoms with E-state index >= 15 is 0 Å². The Morgan fingerprint density at radius 1 is 0.875 bits per heavy atom. The Labute approximate surface area is 101 Å². The molecule has 0 aromatic carbocycles. The molecule has 0 aromatic heterocycles. The lowest BCUT2D eigenvalue weighted by Crippen LogP contribution is -1.80. The van der Waals surface area contributed by atoms with Crippen molar-refractivity contribution in [2.24, 2.45) is 0 Å². The number of allylic oxidation sites excluding steroid dienone is 7. The van der Waals surface area contributed by atoms with Gasteiger partial charge >= 0.3 is 0 Å². The molecule has 0 saturated heterocycles. The molecular weight excluding hydrogens is 192 g/mol. The van der Waals surface area contributed by atoms with Gasteiger partial charge in [0, 0.05) is 0 Å². The van der Waals surface area contributed by atoms with E-state index < -0.39 is 0 Å². The summed E-state index contributed by atoms with van der Waals surface area (Å²) in [4.78, 5) is 0. The van der Waals surface area contributed by atoms with Gasteiger partial charge in [0.05, 0.1) is 0 Å². The van der Waals surface area contributed by atoms with E-state index in [-0.39, 0.29) is 0 Å². The minimum Gasteiger partial charge on any atom is -0.0991 e. The Hall–Kier alpha value is -1.04. The molecule has 0 heterocycles. The molecule has 0 nitrogen and oxygen atoms in total. The number of hydrogen-bond acceptors (Lipinski definition) is 0. The summed E-state index contributed by atoms with van der Waals surface area (Å²) in [5.74, 6) is 0. The van der Waals surface area contributed by atoms with Crippen molar-refractivity contribution in [1.82, 2.24) is 0 Å². The summed E-state index contributed by atoms with van der Waals surface area (Å²) in [5.41, 5.74) is 4.32. The lowest BCUT2D eigenvalue weighted by Gasteiger charge is -2.00. The zero-order chi connectivity index (χ0) is 12.4. The van der Waals surface area contributed by atoms with E-state index in [0.29, 0.717) is 0 Å². The van der Waals surface area contributed by atoms with Crippen LogP contribution in [-0.2, 0) is 0 Å². The van der Waals surface area contributed by atoms with Crippen molar-refractivity contribution in [2.45, 2.75) is 53.4 Å². The average molecular weight is 218 g/mol. The van der Waals surface area contributed by atoms with Crippen molar-refractivity contribution in [3.8, 4) is 0 Å². The fraction of sp³-hybridized carbons (Fsp3) is 0.500. The van der Waals surface area contributed by atoms with E-state index in [4.69, 9.17) is 0 Å². The highest BCUT2D eigenvalue weighted by atomic mass is 14.0. The van der Waals surface area contributed by atoms with Crippen LogP contribution in [0.1, 0.15) is 53.4 Å². The molecule has 0 fully saturated rings. The van der Waals surface area contributed by atoms with Crippen molar-refractivity contribution < 1.29 is 0 Å². The third kappa shape index (κ3) is 9.51. The van der Waals surface area contributed by atoms with E-state index in [1.165, 1.54) is 29.6 Å². The second-order valence-electron chi connectivity index (χ2n) is 4.66. The fourth-order valence-corrected chi connectivity index (χ4v) is 1.52. The highest BCUT2D eigenvalue weighted by Crippen LogP contribution is 2.11. The Balaban J connectivity index is 3.83. The first kappa shape index (κ1) is 15.0. The molecule has 0 amide bonds. The monoisotopic (exact) mass is 218 g/mol. The summed E-state index contributed by atoms with van der Waals surface area (Å²) < 4.78 is 0. The van der Waals surface area contributed by atoms with Crippen LogP contribution >= 0.6 is 0 Å². The van der Waals surface area contributed by atoms with Gasteiger partial charge in [-0.05, 0) is 53.4 Å². The van der Waals surface area contributed by atoms with E-state index in [2.05, 4.69) is 52.5 Å². The Kier molecular flexibility index (Phi) is 8.61. The maximum Gasteiger partial charge on any atom is -0.0285 e. The first-order valence-corrected chi connectivity index (χ1v) is 6.13. The lowest BCUT2D eigenvalue weighted by molar-refractivity contribution is 0.918. The van der Waals surface area contributed by atoms with Crippen LogP contribution in [-0.4, -0.2) is 0 Å². The van der Waals surface area contributed by atoms with Gasteiger partial charge in [-0.2, -0.15) is 0 Å². The van der Waals surface area contributed by atoms with E-state index in [0.717, 1.165) is 12.8 Å². The highest BCUT2D eigenvalue weighted by Gasteiger charge is 1.90. The van der Waals surface area contributed by atoms with Crippen molar-refractivity contribution in [3.05, 3.63) is 47.6 Å². The fourth-order valence-electron chi connectivity index (χ4n) is 1.52. The molecule has 0 aliphatic rings. The highest BCUT2D eigenvalue weighted by molar-refractivity contribution is 5.09. The zero-order valence-electron chi connectivity index (χ0n) is 11.3. The Bertz CT molecular complexity index is 283. The lowest BCUT2D eigenvalue weighted by atomic mass is 10.1. The molecule has 16 heavy (non-hydrogen) atoms. The smallest absolute Gasteiger partial charge is 0.0285 e. The molecular formula is C16H26. The van der Waals surface area contributed by atoms with Crippen LogP contribution in [0.25, 0.3) is 0 Å². The summed E-state index contributed by atoms with van der Waals surface area (Å²) in [6, 6.07) is 0. The molecule has 0 heteroatoms. The predicted molar refractivity (Wildman–Crippen MR) is 75.6 cm³/mol. The minimum absolute atomic E-state index is 1.14. The molecule has 0 bridgehead atoms. The van der Waals surface area contributed by atoms with Crippen molar-refractivity contribution >= 4 is 0 Å². The maximum atomic E-state index is 3.70. The maximum absolute atomic E-state index is 3.70. The van der Waals surface area contributed by atoms with Crippen molar-refractivity contribution in [3.63, 3.8) is 0 Å². The van der Waals surface area contributed by atoms with Gasteiger partial charge in [-0.15, -0.1) is 0 Å². The predicted octanol–water partition coefficient (Wildman–Crippen LogP) is 5.59. The second-order valence-corrected chi connectivity index (χ2v) is 4.66. The molecule has 0 N–H and O–H groups in total. The molecule has 0 saturated carbocycles. The minimum atomic E-state index is 1.14. The van der Waals surface area contributed by atoms with Crippen LogP contribution in [0.3, 0.4) is 0 Å². The van der Waals surface area contributed by atoms with Gasteiger partial charge in [0.1, 0.15) is 0 Å². The molecule has 0 aliphatic heterocycles. The van der Waals surface area contributed by atoms with Crippen LogP contribution < -0.4 is 0 Å². The third-order valence-electron chi connectivity index (χ3n) is 2.53. The Morgan fingerprint density at radius 3 is 2.00 bits per heavy atom.